The fraction of sp³-hybridized carbons (Fsp3) is 0.412. The summed E-state index contributed by atoms with van der Waals surface area (Å²) in [5, 5.41) is 16.5. The zero-order valence-electron chi connectivity index (χ0n) is 13.2. The van der Waals surface area contributed by atoms with Crippen LogP contribution in [0, 0.1) is 16.6 Å². The first kappa shape index (κ1) is 15.2. The van der Waals surface area contributed by atoms with E-state index in [0.29, 0.717) is 12.0 Å². The van der Waals surface area contributed by atoms with Crippen molar-refractivity contribution in [1.82, 2.24) is 24.7 Å². The van der Waals surface area contributed by atoms with E-state index in [-0.39, 0.29) is 0 Å². The quantitative estimate of drug-likeness (QED) is 0.732. The SMILES string of the molecule is N#CSCC1CCC(n2cc(-c3ncnc4[nH]ccc34)cn2)CC1. The topological polar surface area (TPSA) is 83.2 Å². The summed E-state index contributed by atoms with van der Waals surface area (Å²) in [6, 6.07) is 2.45. The first-order chi connectivity index (χ1) is 11.8. The van der Waals surface area contributed by atoms with Crippen LogP contribution in [0.25, 0.3) is 22.3 Å². The van der Waals surface area contributed by atoms with Gasteiger partial charge in [-0.3, -0.25) is 4.68 Å². The molecule has 24 heavy (non-hydrogen) atoms. The number of rotatable bonds is 4. The molecule has 0 radical (unpaired) electrons. The van der Waals surface area contributed by atoms with Gasteiger partial charge in [-0.05, 0) is 49.4 Å². The molecule has 4 rings (SSSR count). The predicted octanol–water partition coefficient (Wildman–Crippen LogP) is 3.77. The summed E-state index contributed by atoms with van der Waals surface area (Å²) >= 11 is 1.38. The van der Waals surface area contributed by atoms with E-state index in [4.69, 9.17) is 5.26 Å². The number of hydrogen-bond acceptors (Lipinski definition) is 5. The number of aromatic amines is 1. The number of nitrogens with zero attached hydrogens (tertiary/aromatic N) is 5. The van der Waals surface area contributed by atoms with Crippen molar-refractivity contribution in [2.75, 3.05) is 5.75 Å². The van der Waals surface area contributed by atoms with Crippen LogP contribution in [0.15, 0.2) is 31.0 Å². The number of aromatic nitrogens is 5. The lowest BCUT2D eigenvalue weighted by molar-refractivity contribution is 0.277. The molecular weight excluding hydrogens is 320 g/mol. The molecule has 7 heteroatoms. The number of nitrogens with one attached hydrogen (secondary N) is 1. The molecular formula is C17H18N6S. The molecule has 0 atom stereocenters. The standard InChI is InChI=1S/C17H18N6S/c18-10-24-9-12-1-3-14(4-2-12)23-8-13(7-22-23)16-15-5-6-19-17(15)21-11-20-16/h5-8,11-12,14H,1-4,9H2,(H,19,20,21). The summed E-state index contributed by atoms with van der Waals surface area (Å²) in [4.78, 5) is 11.8. The maximum absolute atomic E-state index is 8.68. The summed E-state index contributed by atoms with van der Waals surface area (Å²) in [6.45, 7) is 0. The van der Waals surface area contributed by atoms with Gasteiger partial charge in [-0.15, -0.1) is 0 Å². The highest BCUT2D eigenvalue weighted by Gasteiger charge is 2.23. The first-order valence-corrected chi connectivity index (χ1v) is 9.17. The summed E-state index contributed by atoms with van der Waals surface area (Å²) < 4.78 is 2.09. The minimum absolute atomic E-state index is 0.450. The molecule has 1 N–H and O–H groups in total. The van der Waals surface area contributed by atoms with Crippen LogP contribution in [0.4, 0.5) is 0 Å². The van der Waals surface area contributed by atoms with E-state index < -0.39 is 0 Å². The smallest absolute Gasteiger partial charge is 0.141 e. The van der Waals surface area contributed by atoms with Gasteiger partial charge >= 0.3 is 0 Å². The van der Waals surface area contributed by atoms with Gasteiger partial charge in [0.25, 0.3) is 0 Å². The lowest BCUT2D eigenvalue weighted by Crippen LogP contribution is -2.19. The highest BCUT2D eigenvalue weighted by Crippen LogP contribution is 2.34. The van der Waals surface area contributed by atoms with Gasteiger partial charge in [0.2, 0.25) is 0 Å². The molecule has 0 aliphatic heterocycles. The Morgan fingerprint density at radius 1 is 1.29 bits per heavy atom. The molecule has 1 aliphatic carbocycles. The molecule has 0 amide bonds. The van der Waals surface area contributed by atoms with Crippen LogP contribution in [-0.4, -0.2) is 30.5 Å². The summed E-state index contributed by atoms with van der Waals surface area (Å²) in [5.41, 5.74) is 2.80. The Kier molecular flexibility index (Phi) is 4.22. The maximum Gasteiger partial charge on any atom is 0.141 e. The Morgan fingerprint density at radius 2 is 2.17 bits per heavy atom. The van der Waals surface area contributed by atoms with Crippen LogP contribution in [0.2, 0.25) is 0 Å². The Labute approximate surface area is 144 Å². The molecule has 1 aliphatic rings. The third kappa shape index (κ3) is 2.89. The van der Waals surface area contributed by atoms with E-state index in [1.54, 1.807) is 6.33 Å². The zero-order valence-corrected chi connectivity index (χ0v) is 14.0. The van der Waals surface area contributed by atoms with Crippen LogP contribution < -0.4 is 0 Å². The van der Waals surface area contributed by atoms with Crippen molar-refractivity contribution in [2.24, 2.45) is 5.92 Å². The summed E-state index contributed by atoms with van der Waals surface area (Å²) in [7, 11) is 0. The van der Waals surface area contributed by atoms with Crippen LogP contribution in [0.1, 0.15) is 31.7 Å². The number of nitriles is 1. The second-order valence-electron chi connectivity index (χ2n) is 6.25. The van der Waals surface area contributed by atoms with Crippen molar-refractivity contribution < 1.29 is 0 Å². The minimum atomic E-state index is 0.450. The van der Waals surface area contributed by atoms with Gasteiger partial charge in [0.05, 0.1) is 17.9 Å². The average Bonchev–Trinajstić information content (AvgIpc) is 3.29. The molecule has 0 aromatic carbocycles. The largest absolute Gasteiger partial charge is 0.346 e. The van der Waals surface area contributed by atoms with Gasteiger partial charge in [0, 0.05) is 29.1 Å². The van der Waals surface area contributed by atoms with Gasteiger partial charge in [-0.25, -0.2) is 9.97 Å². The van der Waals surface area contributed by atoms with Crippen LogP contribution in [0.5, 0.6) is 0 Å². The molecule has 1 fully saturated rings. The monoisotopic (exact) mass is 338 g/mol. The summed E-state index contributed by atoms with van der Waals surface area (Å²) in [6.07, 6.45) is 12.1. The van der Waals surface area contributed by atoms with Gasteiger partial charge in [0.1, 0.15) is 17.4 Å². The van der Waals surface area contributed by atoms with Gasteiger partial charge in [-0.2, -0.15) is 10.4 Å². The minimum Gasteiger partial charge on any atom is -0.346 e. The Morgan fingerprint density at radius 3 is 3.00 bits per heavy atom. The molecule has 3 aromatic heterocycles. The number of thioether (sulfide) groups is 1. The average molecular weight is 338 g/mol. The van der Waals surface area contributed by atoms with Gasteiger partial charge < -0.3 is 4.98 Å². The van der Waals surface area contributed by atoms with Crippen LogP contribution >= 0.6 is 11.8 Å². The van der Waals surface area contributed by atoms with Gasteiger partial charge in [-0.1, -0.05) is 0 Å². The van der Waals surface area contributed by atoms with Crippen molar-refractivity contribution in [3.8, 4) is 16.7 Å². The van der Waals surface area contributed by atoms with E-state index in [1.807, 2.05) is 18.5 Å². The van der Waals surface area contributed by atoms with Crippen molar-refractivity contribution in [3.05, 3.63) is 31.0 Å². The highest BCUT2D eigenvalue weighted by atomic mass is 32.2. The Balaban J connectivity index is 1.50. The molecule has 0 bridgehead atoms. The molecule has 1 saturated carbocycles. The zero-order chi connectivity index (χ0) is 16.4. The van der Waals surface area contributed by atoms with Gasteiger partial charge in [0.15, 0.2) is 0 Å². The predicted molar refractivity (Wildman–Crippen MR) is 94.2 cm³/mol. The number of fused-ring (bicyclic) bond motifs is 1. The molecule has 0 unspecified atom stereocenters. The third-order valence-electron chi connectivity index (χ3n) is 4.80. The molecule has 6 nitrogen and oxygen atoms in total. The normalized spacial score (nSPS) is 21.0. The fourth-order valence-electron chi connectivity index (χ4n) is 3.49. The lowest BCUT2D eigenvalue weighted by atomic mass is 9.87. The van der Waals surface area contributed by atoms with Crippen molar-refractivity contribution in [1.29, 1.82) is 5.26 Å². The van der Waals surface area contributed by atoms with E-state index in [1.165, 1.54) is 24.6 Å². The van der Waals surface area contributed by atoms with Crippen molar-refractivity contribution >= 4 is 22.8 Å². The van der Waals surface area contributed by atoms with Crippen molar-refractivity contribution in [2.45, 2.75) is 31.7 Å². The number of hydrogen-bond donors (Lipinski definition) is 1. The molecule has 122 valence electrons. The fourth-order valence-corrected chi connectivity index (χ4v) is 4.14. The second-order valence-corrected chi connectivity index (χ2v) is 7.05. The first-order valence-electron chi connectivity index (χ1n) is 8.18. The van der Waals surface area contributed by atoms with E-state index in [2.05, 4.69) is 36.3 Å². The van der Waals surface area contributed by atoms with E-state index in [9.17, 15) is 0 Å². The van der Waals surface area contributed by atoms with Crippen molar-refractivity contribution in [3.63, 3.8) is 0 Å². The third-order valence-corrected chi connectivity index (χ3v) is 5.57. The Hall–Kier alpha value is -2.33. The molecule has 0 saturated heterocycles. The van der Waals surface area contributed by atoms with Crippen LogP contribution in [0.3, 0.4) is 0 Å². The van der Waals surface area contributed by atoms with E-state index in [0.717, 1.165) is 40.9 Å². The van der Waals surface area contributed by atoms with E-state index >= 15 is 0 Å². The molecule has 0 spiro atoms. The summed E-state index contributed by atoms with van der Waals surface area (Å²) in [5.74, 6) is 1.63. The number of H-pyrrole nitrogens is 1. The van der Waals surface area contributed by atoms with Crippen LogP contribution in [-0.2, 0) is 0 Å². The molecule has 3 heterocycles. The Bertz CT molecular complexity index is 868. The highest BCUT2D eigenvalue weighted by molar-refractivity contribution is 8.03. The molecule has 3 aromatic rings. The lowest BCUT2D eigenvalue weighted by Gasteiger charge is -2.27. The number of thiocyanates is 1. The maximum atomic E-state index is 8.68. The second kappa shape index (κ2) is 6.65.